The zero-order chi connectivity index (χ0) is 13.9. The number of benzene rings is 1. The molecule has 2 aromatic heterocycles. The molecule has 0 aliphatic rings. The van der Waals surface area contributed by atoms with Gasteiger partial charge in [-0.15, -0.1) is 11.3 Å². The van der Waals surface area contributed by atoms with Crippen molar-refractivity contribution in [1.29, 1.82) is 0 Å². The first-order chi connectivity index (χ1) is 9.74. The summed E-state index contributed by atoms with van der Waals surface area (Å²) in [6.07, 6.45) is 3.88. The van der Waals surface area contributed by atoms with Crippen molar-refractivity contribution < 1.29 is 0 Å². The summed E-state index contributed by atoms with van der Waals surface area (Å²) in [5.74, 6) is 0. The molecule has 0 fully saturated rings. The maximum absolute atomic E-state index is 4.32. The van der Waals surface area contributed by atoms with Gasteiger partial charge in [0.25, 0.3) is 0 Å². The van der Waals surface area contributed by atoms with Gasteiger partial charge in [0, 0.05) is 40.6 Å². The largest absolute Gasteiger partial charge is 0.308 e. The first-order valence-electron chi connectivity index (χ1n) is 6.82. The maximum atomic E-state index is 4.32. The molecule has 3 heteroatoms. The lowest BCUT2D eigenvalue weighted by molar-refractivity contribution is 0.702. The number of hydrogen-bond acceptors (Lipinski definition) is 3. The molecule has 20 heavy (non-hydrogen) atoms. The number of fused-ring (bicyclic) bond motifs is 1. The Labute approximate surface area is 123 Å². The summed E-state index contributed by atoms with van der Waals surface area (Å²) in [6, 6.07) is 10.7. The Morgan fingerprint density at radius 3 is 2.75 bits per heavy atom. The van der Waals surface area contributed by atoms with Crippen LogP contribution in [0.2, 0.25) is 0 Å². The van der Waals surface area contributed by atoms with E-state index in [1.807, 2.05) is 23.7 Å². The SMILES string of the molecule is Cc1cc(CNCc2cncc3ccccc23)sc1C. The van der Waals surface area contributed by atoms with Crippen molar-refractivity contribution in [3.05, 3.63) is 63.6 Å². The van der Waals surface area contributed by atoms with Crippen molar-refractivity contribution in [3.8, 4) is 0 Å². The summed E-state index contributed by atoms with van der Waals surface area (Å²) in [5.41, 5.74) is 2.65. The van der Waals surface area contributed by atoms with Crippen molar-refractivity contribution in [2.24, 2.45) is 0 Å². The van der Waals surface area contributed by atoms with Gasteiger partial charge in [-0.1, -0.05) is 24.3 Å². The zero-order valence-electron chi connectivity index (χ0n) is 11.8. The minimum absolute atomic E-state index is 0.852. The van der Waals surface area contributed by atoms with E-state index in [9.17, 15) is 0 Å². The van der Waals surface area contributed by atoms with E-state index in [1.54, 1.807) is 0 Å². The van der Waals surface area contributed by atoms with Crippen LogP contribution >= 0.6 is 11.3 Å². The van der Waals surface area contributed by atoms with Crippen LogP contribution in [-0.2, 0) is 13.1 Å². The molecule has 0 spiro atoms. The summed E-state index contributed by atoms with van der Waals surface area (Å²) in [6.45, 7) is 6.12. The van der Waals surface area contributed by atoms with Gasteiger partial charge < -0.3 is 5.32 Å². The van der Waals surface area contributed by atoms with Crippen LogP contribution in [0.5, 0.6) is 0 Å². The highest BCUT2D eigenvalue weighted by Gasteiger charge is 2.03. The number of thiophene rings is 1. The zero-order valence-corrected chi connectivity index (χ0v) is 12.6. The highest BCUT2D eigenvalue weighted by molar-refractivity contribution is 7.12. The van der Waals surface area contributed by atoms with Gasteiger partial charge in [-0.05, 0) is 36.4 Å². The van der Waals surface area contributed by atoms with Gasteiger partial charge >= 0.3 is 0 Å². The highest BCUT2D eigenvalue weighted by Crippen LogP contribution is 2.21. The third kappa shape index (κ3) is 2.74. The predicted octanol–water partition coefficient (Wildman–Crippen LogP) is 4.20. The summed E-state index contributed by atoms with van der Waals surface area (Å²) < 4.78 is 0. The molecule has 0 aliphatic heterocycles. The Morgan fingerprint density at radius 2 is 1.95 bits per heavy atom. The molecule has 1 aromatic carbocycles. The normalized spacial score (nSPS) is 11.1. The van der Waals surface area contributed by atoms with E-state index >= 15 is 0 Å². The summed E-state index contributed by atoms with van der Waals surface area (Å²) in [4.78, 5) is 7.13. The lowest BCUT2D eigenvalue weighted by atomic mass is 10.1. The van der Waals surface area contributed by atoms with Gasteiger partial charge in [0.2, 0.25) is 0 Å². The van der Waals surface area contributed by atoms with Gasteiger partial charge in [0.1, 0.15) is 0 Å². The average molecular weight is 282 g/mol. The molecule has 0 aliphatic carbocycles. The summed E-state index contributed by atoms with van der Waals surface area (Å²) in [5, 5.41) is 6.01. The van der Waals surface area contributed by atoms with Crippen LogP contribution in [0, 0.1) is 13.8 Å². The van der Waals surface area contributed by atoms with E-state index in [-0.39, 0.29) is 0 Å². The maximum Gasteiger partial charge on any atom is 0.0346 e. The minimum atomic E-state index is 0.852. The molecular weight excluding hydrogens is 264 g/mol. The molecule has 2 nitrogen and oxygen atoms in total. The fraction of sp³-hybridized carbons (Fsp3) is 0.235. The number of hydrogen-bond donors (Lipinski definition) is 1. The lowest BCUT2D eigenvalue weighted by Crippen LogP contribution is -2.12. The molecule has 1 N–H and O–H groups in total. The number of nitrogens with one attached hydrogen (secondary N) is 1. The van der Waals surface area contributed by atoms with Gasteiger partial charge in [-0.2, -0.15) is 0 Å². The quantitative estimate of drug-likeness (QED) is 0.775. The Bertz CT molecular complexity index is 706. The van der Waals surface area contributed by atoms with Crippen LogP contribution in [0.1, 0.15) is 20.9 Å². The molecule has 3 rings (SSSR count). The molecular formula is C17H18N2S. The van der Waals surface area contributed by atoms with Crippen LogP contribution < -0.4 is 5.32 Å². The Hall–Kier alpha value is -1.71. The second-order valence-electron chi connectivity index (χ2n) is 5.08. The van der Waals surface area contributed by atoms with Gasteiger partial charge in [-0.3, -0.25) is 4.98 Å². The molecule has 0 bridgehead atoms. The second kappa shape index (κ2) is 5.73. The minimum Gasteiger partial charge on any atom is -0.308 e. The standard InChI is InChI=1S/C17H18N2S/c1-12-7-16(20-13(12)2)11-19-10-15-9-18-8-14-5-3-4-6-17(14)15/h3-9,19H,10-11H2,1-2H3. The Balaban J connectivity index is 1.71. The summed E-state index contributed by atoms with van der Waals surface area (Å²) in [7, 11) is 0. The molecule has 2 heterocycles. The van der Waals surface area contributed by atoms with Crippen molar-refractivity contribution >= 4 is 22.1 Å². The molecule has 0 saturated heterocycles. The van der Waals surface area contributed by atoms with Gasteiger partial charge in [0.05, 0.1) is 0 Å². The van der Waals surface area contributed by atoms with Crippen LogP contribution in [0.3, 0.4) is 0 Å². The first-order valence-corrected chi connectivity index (χ1v) is 7.64. The monoisotopic (exact) mass is 282 g/mol. The molecule has 0 saturated carbocycles. The molecule has 0 amide bonds. The van der Waals surface area contributed by atoms with Crippen molar-refractivity contribution in [1.82, 2.24) is 10.3 Å². The fourth-order valence-electron chi connectivity index (χ4n) is 2.38. The van der Waals surface area contributed by atoms with Crippen LogP contribution in [0.25, 0.3) is 10.8 Å². The Morgan fingerprint density at radius 1 is 1.10 bits per heavy atom. The van der Waals surface area contributed by atoms with Gasteiger partial charge in [-0.25, -0.2) is 0 Å². The van der Waals surface area contributed by atoms with E-state index in [2.05, 4.69) is 54.5 Å². The average Bonchev–Trinajstić information content (AvgIpc) is 2.78. The lowest BCUT2D eigenvalue weighted by Gasteiger charge is -2.06. The molecule has 3 aromatic rings. The first kappa shape index (κ1) is 13.3. The third-order valence-corrected chi connectivity index (χ3v) is 4.73. The number of aryl methyl sites for hydroxylation is 2. The van der Waals surface area contributed by atoms with Crippen molar-refractivity contribution in [2.75, 3.05) is 0 Å². The van der Waals surface area contributed by atoms with Crippen LogP contribution in [0.15, 0.2) is 42.7 Å². The van der Waals surface area contributed by atoms with Crippen molar-refractivity contribution in [2.45, 2.75) is 26.9 Å². The predicted molar refractivity (Wildman–Crippen MR) is 86.1 cm³/mol. The van der Waals surface area contributed by atoms with E-state index in [4.69, 9.17) is 0 Å². The molecule has 102 valence electrons. The molecule has 0 unspecified atom stereocenters. The topological polar surface area (TPSA) is 24.9 Å². The van der Waals surface area contributed by atoms with Crippen molar-refractivity contribution in [3.63, 3.8) is 0 Å². The number of pyridine rings is 1. The number of nitrogens with zero attached hydrogens (tertiary/aromatic N) is 1. The molecule has 0 radical (unpaired) electrons. The fourth-order valence-corrected chi connectivity index (χ4v) is 3.40. The van der Waals surface area contributed by atoms with E-state index in [0.717, 1.165) is 13.1 Å². The number of aromatic nitrogens is 1. The highest BCUT2D eigenvalue weighted by atomic mass is 32.1. The van der Waals surface area contributed by atoms with E-state index in [0.29, 0.717) is 0 Å². The Kier molecular flexibility index (Phi) is 3.81. The third-order valence-electron chi connectivity index (χ3n) is 3.58. The number of rotatable bonds is 4. The van der Waals surface area contributed by atoms with Gasteiger partial charge in [0.15, 0.2) is 0 Å². The molecule has 0 atom stereocenters. The summed E-state index contributed by atoms with van der Waals surface area (Å²) >= 11 is 1.87. The van der Waals surface area contributed by atoms with E-state index in [1.165, 1.54) is 31.7 Å². The van der Waals surface area contributed by atoms with Crippen LogP contribution in [0.4, 0.5) is 0 Å². The second-order valence-corrected chi connectivity index (χ2v) is 6.42. The van der Waals surface area contributed by atoms with Crippen LogP contribution in [-0.4, -0.2) is 4.98 Å². The smallest absolute Gasteiger partial charge is 0.0346 e. The van der Waals surface area contributed by atoms with E-state index < -0.39 is 0 Å².